The number of aliphatic carboxylic acids is 1. The average Bonchev–Trinajstić information content (AvgIpc) is 1.68. The number of benzene rings is 3. The Morgan fingerprint density at radius 3 is 1.63 bits per heavy atom. The van der Waals surface area contributed by atoms with Crippen LogP contribution in [0.25, 0.3) is 10.9 Å². The minimum absolute atomic E-state index is 0.00422. The van der Waals surface area contributed by atoms with Crippen LogP contribution in [0.15, 0.2) is 97.2 Å². The van der Waals surface area contributed by atoms with Crippen LogP contribution in [0.2, 0.25) is 0 Å². The number of primary amides is 2. The number of hydrogen-bond donors (Lipinski definition) is 23. The van der Waals surface area contributed by atoms with E-state index in [0.29, 0.717) is 66.1 Å². The average molecular weight is 2100 g/mol. The predicted octanol–water partition coefficient (Wildman–Crippen LogP) is 1.85. The number of aliphatic hydroxyl groups is 1. The van der Waals surface area contributed by atoms with Gasteiger partial charge in [-0.1, -0.05) is 120 Å². The molecule has 1 aliphatic heterocycles. The van der Waals surface area contributed by atoms with Crippen LogP contribution in [-0.4, -0.2) is 284 Å². The summed E-state index contributed by atoms with van der Waals surface area (Å²) in [5, 5.41) is 64.0. The van der Waals surface area contributed by atoms with Crippen molar-refractivity contribution in [1.29, 1.82) is 0 Å². The zero-order chi connectivity index (χ0) is 112. The largest absolute Gasteiger partial charge is 0.508 e. The van der Waals surface area contributed by atoms with E-state index in [0.717, 1.165) is 0 Å². The van der Waals surface area contributed by atoms with Gasteiger partial charge >= 0.3 is 5.97 Å². The number of carboxylic acid groups (broad SMARTS) is 1. The molecule has 0 spiro atoms. The van der Waals surface area contributed by atoms with Crippen LogP contribution < -0.4 is 103 Å². The zero-order valence-corrected chi connectivity index (χ0v) is 89.5. The molecule has 0 saturated heterocycles. The molecule has 43 heteroatoms. The summed E-state index contributed by atoms with van der Waals surface area (Å²) in [6.45, 7) is 23.4. The highest BCUT2D eigenvalue weighted by atomic mass is 16.4. The first kappa shape index (κ1) is 129. The Kier molecular flexibility index (Phi) is 56.7. The van der Waals surface area contributed by atoms with Crippen molar-refractivity contribution in [2.45, 2.75) is 366 Å². The number of allylic oxidation sites excluding steroid dienone is 2. The number of nitrogens with one attached hydrogen (secondary N) is 18. The summed E-state index contributed by atoms with van der Waals surface area (Å²) in [6.07, 6.45) is 3.34. The van der Waals surface area contributed by atoms with Crippen molar-refractivity contribution >= 4 is 127 Å². The van der Waals surface area contributed by atoms with Crippen LogP contribution in [0.1, 0.15) is 255 Å². The van der Waals surface area contributed by atoms with Crippen molar-refractivity contribution in [2.24, 2.45) is 23.3 Å². The number of carboxylic acids is 1. The molecule has 0 radical (unpaired) electrons. The molecule has 25 N–H and O–H groups in total. The van der Waals surface area contributed by atoms with Crippen molar-refractivity contribution < 1.29 is 111 Å². The molecule has 4 aromatic rings. The third kappa shape index (κ3) is 46.2. The van der Waals surface area contributed by atoms with Gasteiger partial charge in [0.1, 0.15) is 41.5 Å². The number of aliphatic hydroxyl groups excluding tert-OH is 1. The first-order chi connectivity index (χ1) is 70.8. The molecule has 3 aromatic carbocycles. The number of carbonyl (C=O) groups excluding carboxylic acids is 19. The second-order valence-corrected chi connectivity index (χ2v) is 40.6. The van der Waals surface area contributed by atoms with Crippen molar-refractivity contribution in [3.8, 4) is 5.75 Å². The minimum atomic E-state index is -2.09. The number of H-pyrrole nitrogens is 1. The molecular formula is C107H164N20O23. The highest BCUT2D eigenvalue weighted by Gasteiger charge is 2.45. The number of hydrazine groups is 3. The molecule has 830 valence electrons. The van der Waals surface area contributed by atoms with Gasteiger partial charge in [0.15, 0.2) is 40.5 Å². The molecule has 2 heterocycles. The standard InChI is InChI=1S/C107H164N20O23/c1-62(2)52-83(118-72(13)129)103(148)120-97(71(12)128)100(145)98(143)82(54-73-30-24-23-25-31-73)126-127-107(15)48-29-22-20-18-16-17-19-21-28-47-106(14,94(139)60-114-67(8)90(135)46-51-112-66(7)89(134)45-50-111-65(6)88(133)44-49-110-64(5)86(131)40-41-87(132)68(9)116-61-117-70(11)102(109)147)121-105(150)84(53-63(3)4)124-122-79(38-42-95(108)140)93(138)59-113-69(10)91(136)57-92(137)81(56-75-58-115-78-33-27-26-32-77(75)78)123-125-85(55-74-34-36-76(130)37-35-74)104(149)119-80(39-43-96(141)142)99(144)101(107)146/h17,19,23-27,30-37,58,62-71,79-85,97,110-117,122-128,130H,16,18,20-22,28-29,38-57,59-61H2,1-15H3,(H2,108,140)(H2,109,147)(H,118,129)(H,119,149)(H,120,148)(H,121,150)(H,141,142)/t64-,65-,66-,67-,68-,69-,70+,71+,79-,80-,81-,82-,83-,84-,85-,97-,106-,107+/m0/s1. The Bertz CT molecular complexity index is 5210. The molecule has 6 amide bonds. The molecule has 0 aliphatic carbocycles. The lowest BCUT2D eigenvalue weighted by Crippen LogP contribution is -2.65. The SMILES string of the molecule is CC(=O)N[C@@H](CC(C)C)C(=O)N[C@H](C(=O)C(=O)[C@H](Cc1ccccc1)NN[C@]1(C)CCCCCCC=CCCC[C@@](C)(C(=O)CN[C@@H](C)C(=O)CCN[C@@H](C)C(=O)CCN[C@@H](C)C(=O)CCN[C@@H](C)C(=O)CCC(=O)[C@H](C)NCN[C@H](C)C(N)=O)NC(=O)[C@H](CC(C)C)NN[C@@H](CCC(N)=O)C(=O)CN[C@@H](C)C(=O)CC(=O)[C@H](Cc2c[nH]c3ccccc23)NN[C@@H](Cc2ccc(O)cc2)C(=O)N[C@@H](CCC(=O)O)C(=O)C1=O)[C@@H](C)O. The molecule has 1 aliphatic rings. The second kappa shape index (κ2) is 66.1. The maximum Gasteiger partial charge on any atom is 0.303 e. The zero-order valence-electron chi connectivity index (χ0n) is 89.5. The van der Waals surface area contributed by atoms with Crippen LogP contribution >= 0.6 is 0 Å². The van der Waals surface area contributed by atoms with E-state index in [1.54, 1.807) is 123 Å². The number of ketones is 13. The van der Waals surface area contributed by atoms with Gasteiger partial charge in [-0.2, -0.15) is 0 Å². The van der Waals surface area contributed by atoms with E-state index in [1.807, 2.05) is 26.0 Å². The van der Waals surface area contributed by atoms with Crippen LogP contribution in [0.3, 0.4) is 0 Å². The number of carbonyl (C=O) groups is 20. The van der Waals surface area contributed by atoms with E-state index in [-0.39, 0.29) is 169 Å². The van der Waals surface area contributed by atoms with Gasteiger partial charge in [0.05, 0.1) is 103 Å². The van der Waals surface area contributed by atoms with Gasteiger partial charge in [-0.25, -0.2) is 32.6 Å². The van der Waals surface area contributed by atoms with Crippen molar-refractivity contribution in [3.05, 3.63) is 114 Å². The minimum Gasteiger partial charge on any atom is -0.508 e. The molecule has 5 rings (SSSR count). The first-order valence-corrected chi connectivity index (χ1v) is 52.1. The summed E-state index contributed by atoms with van der Waals surface area (Å²) in [7, 11) is 0. The molecule has 18 atom stereocenters. The van der Waals surface area contributed by atoms with Gasteiger partial charge in [0, 0.05) is 95.3 Å². The normalized spacial score (nSPS) is 21.5. The number of Topliss-reactive ketones (excluding diaryl/α,β-unsaturated/α-hetero) is 13. The van der Waals surface area contributed by atoms with Gasteiger partial charge in [-0.15, -0.1) is 0 Å². The second-order valence-electron chi connectivity index (χ2n) is 40.6. The number of aromatic amines is 1. The van der Waals surface area contributed by atoms with E-state index in [2.05, 4.69) is 96.0 Å². The van der Waals surface area contributed by atoms with Gasteiger partial charge < -0.3 is 79.6 Å². The summed E-state index contributed by atoms with van der Waals surface area (Å²) in [6, 6.07) is 3.92. The third-order valence-electron chi connectivity index (χ3n) is 26.7. The van der Waals surface area contributed by atoms with Crippen molar-refractivity contribution in [3.63, 3.8) is 0 Å². The monoisotopic (exact) mass is 2100 g/mol. The quantitative estimate of drug-likeness (QED) is 0.00986. The molecule has 0 bridgehead atoms. The molecule has 0 fully saturated rings. The Hall–Kier alpha value is -11.8. The summed E-state index contributed by atoms with van der Waals surface area (Å²) in [5.74, 6) is -15.0. The predicted molar refractivity (Wildman–Crippen MR) is 564 cm³/mol. The van der Waals surface area contributed by atoms with Crippen LogP contribution in [0.4, 0.5) is 0 Å². The van der Waals surface area contributed by atoms with Gasteiger partial charge in [0.2, 0.25) is 58.6 Å². The Balaban J connectivity index is 1.45. The molecule has 0 unspecified atom stereocenters. The lowest BCUT2D eigenvalue weighted by atomic mass is 9.85. The molecule has 150 heavy (non-hydrogen) atoms. The molecule has 43 nitrogen and oxygen atoms in total. The number of para-hydroxylation sites is 1. The number of phenolic OH excluding ortho intramolecular Hbond substituents is 1. The van der Waals surface area contributed by atoms with Crippen LogP contribution in [0, 0.1) is 11.8 Å². The van der Waals surface area contributed by atoms with Crippen LogP contribution in [0.5, 0.6) is 5.75 Å². The highest BCUT2D eigenvalue weighted by Crippen LogP contribution is 2.26. The summed E-state index contributed by atoms with van der Waals surface area (Å²) in [4.78, 5) is 281. The van der Waals surface area contributed by atoms with E-state index >= 15 is 19.2 Å². The van der Waals surface area contributed by atoms with Gasteiger partial charge in [0.25, 0.3) is 0 Å². The smallest absolute Gasteiger partial charge is 0.303 e. The fourth-order valence-electron chi connectivity index (χ4n) is 16.8. The molecule has 1 aromatic heterocycles. The van der Waals surface area contributed by atoms with Crippen LogP contribution in [-0.2, 0) is 115 Å². The summed E-state index contributed by atoms with van der Waals surface area (Å²) >= 11 is 0. The Morgan fingerprint density at radius 1 is 0.513 bits per heavy atom. The fraction of sp³-hybridized carbons (Fsp3) is 0.607. The van der Waals surface area contributed by atoms with Crippen molar-refractivity contribution in [2.75, 3.05) is 39.4 Å². The molecular weight excluding hydrogens is 1930 g/mol. The van der Waals surface area contributed by atoms with Crippen molar-refractivity contribution in [1.82, 2.24) is 96.0 Å². The maximum absolute atomic E-state index is 15.7. The number of nitrogens with two attached hydrogens (primary N) is 2. The summed E-state index contributed by atoms with van der Waals surface area (Å²) < 4.78 is 0. The Morgan fingerprint density at radius 2 is 1.05 bits per heavy atom. The van der Waals surface area contributed by atoms with Gasteiger partial charge in [-0.3, -0.25) is 107 Å². The lowest BCUT2D eigenvalue weighted by molar-refractivity contribution is -0.144. The number of phenols is 1. The number of hydrogen-bond acceptors (Lipinski definition) is 35. The topological polar surface area (TPSA) is 674 Å². The van der Waals surface area contributed by atoms with E-state index < -0.39 is 228 Å². The number of aromatic nitrogens is 1. The fourth-order valence-corrected chi connectivity index (χ4v) is 16.8. The number of aromatic hydroxyl groups is 1. The highest BCUT2D eigenvalue weighted by molar-refractivity contribution is 6.43. The number of amides is 6. The van der Waals surface area contributed by atoms with Gasteiger partial charge in [-0.05, 0) is 199 Å². The first-order valence-electron chi connectivity index (χ1n) is 52.1. The number of rotatable bonds is 55. The summed E-state index contributed by atoms with van der Waals surface area (Å²) in [5.41, 5.74) is 26.9. The Labute approximate surface area is 878 Å². The van der Waals surface area contributed by atoms with E-state index in [9.17, 15) is 92.0 Å². The number of fused-ring (bicyclic) bond motifs is 1. The lowest BCUT2D eigenvalue weighted by Gasteiger charge is -2.33. The maximum atomic E-state index is 15.7. The molecule has 0 saturated carbocycles. The van der Waals surface area contributed by atoms with E-state index in [1.165, 1.54) is 52.0 Å². The van der Waals surface area contributed by atoms with E-state index in [4.69, 9.17) is 11.5 Å². The third-order valence-corrected chi connectivity index (χ3v) is 26.7.